The molecule has 6 nitrogen and oxygen atoms in total. The first-order chi connectivity index (χ1) is 13.5. The van der Waals surface area contributed by atoms with Gasteiger partial charge in [0.25, 0.3) is 0 Å². The summed E-state index contributed by atoms with van der Waals surface area (Å²) in [5.41, 5.74) is 3.10. The highest BCUT2D eigenvalue weighted by Gasteiger charge is 2.28. The minimum absolute atomic E-state index is 0.142. The molecule has 0 radical (unpaired) electrons. The fraction of sp³-hybridized carbons (Fsp3) is 0.476. The Kier molecular flexibility index (Phi) is 5.19. The molecule has 148 valence electrons. The Morgan fingerprint density at radius 3 is 2.75 bits per heavy atom. The summed E-state index contributed by atoms with van der Waals surface area (Å²) < 4.78 is 9.87. The van der Waals surface area contributed by atoms with Crippen LogP contribution < -0.4 is 0 Å². The standard InChI is InChI=1S/C21H26N4O2S/c1-13(2)11-24-20(19-6-5-9-27-19)22-23-21(24)28-12-18(26)17-10-14(3)25(15(17)4)16-7-8-16/h5-6,9-10,13,16H,7-8,11-12H2,1-4H3. The molecule has 3 heterocycles. The fourth-order valence-corrected chi connectivity index (χ4v) is 4.51. The second kappa shape index (κ2) is 7.62. The van der Waals surface area contributed by atoms with E-state index in [-0.39, 0.29) is 5.78 Å². The molecule has 0 aromatic carbocycles. The van der Waals surface area contributed by atoms with Crippen molar-refractivity contribution in [1.29, 1.82) is 0 Å². The van der Waals surface area contributed by atoms with Crippen LogP contribution in [0.1, 0.15) is 54.5 Å². The van der Waals surface area contributed by atoms with Crippen molar-refractivity contribution in [3.8, 4) is 11.6 Å². The van der Waals surface area contributed by atoms with Crippen LogP contribution in [0.4, 0.5) is 0 Å². The van der Waals surface area contributed by atoms with E-state index in [0.29, 0.717) is 29.3 Å². The van der Waals surface area contributed by atoms with Crippen LogP contribution in [0.25, 0.3) is 11.6 Å². The minimum Gasteiger partial charge on any atom is -0.461 e. The van der Waals surface area contributed by atoms with Gasteiger partial charge in [-0.15, -0.1) is 10.2 Å². The van der Waals surface area contributed by atoms with Gasteiger partial charge in [0.05, 0.1) is 12.0 Å². The molecule has 1 fully saturated rings. The molecule has 0 amide bonds. The van der Waals surface area contributed by atoms with Crippen LogP contribution >= 0.6 is 11.8 Å². The van der Waals surface area contributed by atoms with Gasteiger partial charge in [-0.3, -0.25) is 9.36 Å². The molecule has 28 heavy (non-hydrogen) atoms. The van der Waals surface area contributed by atoms with Gasteiger partial charge in [0.1, 0.15) is 0 Å². The number of ketones is 1. The van der Waals surface area contributed by atoms with Gasteiger partial charge in [0, 0.05) is 29.5 Å². The average molecular weight is 399 g/mol. The predicted octanol–water partition coefficient (Wildman–Crippen LogP) is 4.92. The lowest BCUT2D eigenvalue weighted by atomic mass is 10.2. The van der Waals surface area contributed by atoms with Crippen LogP contribution in [0.15, 0.2) is 34.0 Å². The lowest BCUT2D eigenvalue weighted by molar-refractivity contribution is 0.102. The van der Waals surface area contributed by atoms with Gasteiger partial charge >= 0.3 is 0 Å². The molecule has 1 aliphatic rings. The van der Waals surface area contributed by atoms with Gasteiger partial charge in [-0.1, -0.05) is 25.6 Å². The Bertz CT molecular complexity index is 981. The van der Waals surface area contributed by atoms with E-state index in [2.05, 4.69) is 47.0 Å². The maximum atomic E-state index is 12.9. The zero-order chi connectivity index (χ0) is 19.8. The zero-order valence-corrected chi connectivity index (χ0v) is 17.6. The Balaban J connectivity index is 1.53. The molecule has 4 rings (SSSR count). The number of nitrogens with zero attached hydrogens (tertiary/aromatic N) is 4. The number of aromatic nitrogens is 4. The van der Waals surface area contributed by atoms with Crippen molar-refractivity contribution in [2.75, 3.05) is 5.75 Å². The summed E-state index contributed by atoms with van der Waals surface area (Å²) >= 11 is 1.45. The number of hydrogen-bond donors (Lipinski definition) is 0. The Labute approximate surface area is 169 Å². The first-order valence-corrected chi connectivity index (χ1v) is 10.8. The number of thioether (sulfide) groups is 1. The molecule has 0 bridgehead atoms. The molecule has 3 aromatic heterocycles. The second-order valence-electron chi connectivity index (χ2n) is 7.89. The number of hydrogen-bond acceptors (Lipinski definition) is 5. The van der Waals surface area contributed by atoms with Crippen LogP contribution in [0, 0.1) is 19.8 Å². The smallest absolute Gasteiger partial charge is 0.200 e. The summed E-state index contributed by atoms with van der Waals surface area (Å²) in [6.07, 6.45) is 4.06. The second-order valence-corrected chi connectivity index (χ2v) is 8.83. The topological polar surface area (TPSA) is 65.8 Å². The van der Waals surface area contributed by atoms with E-state index >= 15 is 0 Å². The fourth-order valence-electron chi connectivity index (χ4n) is 3.68. The number of carbonyl (C=O) groups excluding carboxylic acids is 1. The monoisotopic (exact) mass is 398 g/mol. The number of Topliss-reactive ketones (excluding diaryl/α,β-unsaturated/α-hetero) is 1. The third-order valence-corrected chi connectivity index (χ3v) is 6.00. The molecule has 1 saturated carbocycles. The maximum Gasteiger partial charge on any atom is 0.200 e. The largest absolute Gasteiger partial charge is 0.461 e. The highest BCUT2D eigenvalue weighted by atomic mass is 32.2. The molecule has 3 aromatic rings. The van der Waals surface area contributed by atoms with Crippen molar-refractivity contribution in [3.05, 3.63) is 41.4 Å². The molecule has 0 saturated heterocycles. The van der Waals surface area contributed by atoms with Gasteiger partial charge < -0.3 is 8.98 Å². The van der Waals surface area contributed by atoms with Crippen LogP contribution in [-0.2, 0) is 6.54 Å². The molecular formula is C21H26N4O2S. The number of carbonyl (C=O) groups is 1. The van der Waals surface area contributed by atoms with Crippen LogP contribution in [0.5, 0.6) is 0 Å². The van der Waals surface area contributed by atoms with Crippen LogP contribution in [0.2, 0.25) is 0 Å². The first kappa shape index (κ1) is 19.1. The number of rotatable bonds is 8. The lowest BCUT2D eigenvalue weighted by Crippen LogP contribution is -2.10. The highest BCUT2D eigenvalue weighted by Crippen LogP contribution is 2.38. The summed E-state index contributed by atoms with van der Waals surface area (Å²) in [6.45, 7) is 9.22. The quantitative estimate of drug-likeness (QED) is 0.398. The molecule has 7 heteroatoms. The van der Waals surface area contributed by atoms with E-state index in [9.17, 15) is 4.79 Å². The summed E-state index contributed by atoms with van der Waals surface area (Å²) in [7, 11) is 0. The highest BCUT2D eigenvalue weighted by molar-refractivity contribution is 7.99. The SMILES string of the molecule is Cc1cc(C(=O)CSc2nnc(-c3ccco3)n2CC(C)C)c(C)n1C1CC1. The van der Waals surface area contributed by atoms with E-state index in [1.165, 1.54) is 30.3 Å². The molecule has 0 atom stereocenters. The van der Waals surface area contributed by atoms with Gasteiger partial charge in [0.15, 0.2) is 22.5 Å². The van der Waals surface area contributed by atoms with E-state index in [4.69, 9.17) is 4.42 Å². The Hall–Kier alpha value is -2.28. The molecular weight excluding hydrogens is 372 g/mol. The van der Waals surface area contributed by atoms with Crippen molar-refractivity contribution in [2.24, 2.45) is 5.92 Å². The molecule has 1 aliphatic carbocycles. The van der Waals surface area contributed by atoms with Crippen molar-refractivity contribution < 1.29 is 9.21 Å². The lowest BCUT2D eigenvalue weighted by Gasteiger charge is -2.11. The minimum atomic E-state index is 0.142. The Morgan fingerprint density at radius 2 is 2.11 bits per heavy atom. The van der Waals surface area contributed by atoms with Crippen molar-refractivity contribution in [3.63, 3.8) is 0 Å². The third-order valence-electron chi connectivity index (χ3n) is 5.04. The molecule has 0 spiro atoms. The van der Waals surface area contributed by atoms with E-state index in [0.717, 1.165) is 23.0 Å². The normalized spacial score (nSPS) is 14.2. The summed E-state index contributed by atoms with van der Waals surface area (Å²) in [4.78, 5) is 12.9. The Morgan fingerprint density at radius 1 is 1.32 bits per heavy atom. The van der Waals surface area contributed by atoms with Crippen molar-refractivity contribution >= 4 is 17.5 Å². The first-order valence-electron chi connectivity index (χ1n) is 9.77. The maximum absolute atomic E-state index is 12.9. The van der Waals surface area contributed by atoms with Crippen molar-refractivity contribution in [1.82, 2.24) is 19.3 Å². The molecule has 0 aliphatic heterocycles. The molecule has 0 unspecified atom stereocenters. The van der Waals surface area contributed by atoms with E-state index in [1.807, 2.05) is 18.2 Å². The number of furan rings is 1. The number of aryl methyl sites for hydroxylation is 1. The average Bonchev–Trinajstić information content (AvgIpc) is 3.05. The van der Waals surface area contributed by atoms with E-state index in [1.54, 1.807) is 6.26 Å². The third kappa shape index (κ3) is 3.68. The van der Waals surface area contributed by atoms with Gasteiger partial charge in [-0.05, 0) is 50.8 Å². The van der Waals surface area contributed by atoms with Crippen molar-refractivity contribution in [2.45, 2.75) is 58.3 Å². The van der Waals surface area contributed by atoms with Gasteiger partial charge in [-0.2, -0.15) is 0 Å². The van der Waals surface area contributed by atoms with E-state index < -0.39 is 0 Å². The summed E-state index contributed by atoms with van der Waals surface area (Å²) in [6, 6.07) is 6.34. The predicted molar refractivity (Wildman–Crippen MR) is 110 cm³/mol. The zero-order valence-electron chi connectivity index (χ0n) is 16.8. The van der Waals surface area contributed by atoms with Gasteiger partial charge in [0.2, 0.25) is 0 Å². The van der Waals surface area contributed by atoms with Crippen LogP contribution in [-0.4, -0.2) is 30.9 Å². The summed E-state index contributed by atoms with van der Waals surface area (Å²) in [5, 5.41) is 9.40. The van der Waals surface area contributed by atoms with Gasteiger partial charge in [-0.25, -0.2) is 0 Å². The summed E-state index contributed by atoms with van der Waals surface area (Å²) in [5.74, 6) is 2.32. The molecule has 0 N–H and O–H groups in total. The van der Waals surface area contributed by atoms with Crippen LogP contribution in [0.3, 0.4) is 0 Å².